The standard InChI is InChI=1S/C14H21ClN2O2S/c1-16-13(14-12(15)7-4-8-17-14)10-5-3-6-11(9-10)20(2,18)19/h4,7-8,10-11,13,16H,3,5-6,9H2,1-2H3. The molecule has 1 saturated carbocycles. The zero-order valence-electron chi connectivity index (χ0n) is 11.8. The molecule has 0 aliphatic heterocycles. The van der Waals surface area contributed by atoms with Crippen LogP contribution in [0.15, 0.2) is 18.3 Å². The summed E-state index contributed by atoms with van der Waals surface area (Å²) < 4.78 is 23.6. The topological polar surface area (TPSA) is 59.1 Å². The summed E-state index contributed by atoms with van der Waals surface area (Å²) in [5.41, 5.74) is 0.816. The number of hydrogen-bond acceptors (Lipinski definition) is 4. The van der Waals surface area contributed by atoms with Gasteiger partial charge in [0.15, 0.2) is 0 Å². The van der Waals surface area contributed by atoms with E-state index in [4.69, 9.17) is 11.6 Å². The molecular formula is C14H21ClN2O2S. The molecule has 1 aliphatic rings. The highest BCUT2D eigenvalue weighted by molar-refractivity contribution is 7.91. The lowest BCUT2D eigenvalue weighted by atomic mass is 9.82. The third kappa shape index (κ3) is 3.51. The van der Waals surface area contributed by atoms with Gasteiger partial charge in [0, 0.05) is 12.5 Å². The molecule has 4 nitrogen and oxygen atoms in total. The molecule has 0 radical (unpaired) electrons. The summed E-state index contributed by atoms with van der Waals surface area (Å²) in [6, 6.07) is 3.64. The highest BCUT2D eigenvalue weighted by atomic mass is 35.5. The molecule has 0 aromatic carbocycles. The van der Waals surface area contributed by atoms with E-state index in [1.165, 1.54) is 6.26 Å². The second-order valence-corrected chi connectivity index (χ2v) is 8.25. The van der Waals surface area contributed by atoms with Gasteiger partial charge in [-0.25, -0.2) is 8.42 Å². The first kappa shape index (κ1) is 15.7. The molecule has 1 aromatic heterocycles. The first-order chi connectivity index (χ1) is 9.43. The molecular weight excluding hydrogens is 296 g/mol. The maximum atomic E-state index is 11.8. The van der Waals surface area contributed by atoms with Gasteiger partial charge in [0.05, 0.1) is 22.0 Å². The predicted octanol–water partition coefficient (Wildman–Crippen LogP) is 2.60. The molecule has 1 N–H and O–H groups in total. The summed E-state index contributed by atoms with van der Waals surface area (Å²) in [5.74, 6) is 0.251. The summed E-state index contributed by atoms with van der Waals surface area (Å²) in [6.45, 7) is 0. The highest BCUT2D eigenvalue weighted by Gasteiger charge is 2.34. The number of hydrogen-bond donors (Lipinski definition) is 1. The van der Waals surface area contributed by atoms with Crippen LogP contribution in [0.3, 0.4) is 0 Å². The van der Waals surface area contributed by atoms with Gasteiger partial charge in [-0.2, -0.15) is 0 Å². The molecule has 1 aliphatic carbocycles. The predicted molar refractivity (Wildman–Crippen MR) is 81.6 cm³/mol. The van der Waals surface area contributed by atoms with Crippen molar-refractivity contribution in [3.8, 4) is 0 Å². The Morgan fingerprint density at radius 1 is 1.45 bits per heavy atom. The second kappa shape index (κ2) is 6.41. The SMILES string of the molecule is CNC(c1ncccc1Cl)C1CCCC(S(C)(=O)=O)C1. The van der Waals surface area contributed by atoms with Crippen molar-refractivity contribution in [1.82, 2.24) is 10.3 Å². The largest absolute Gasteiger partial charge is 0.311 e. The number of pyridine rings is 1. The third-order valence-electron chi connectivity index (χ3n) is 4.14. The minimum atomic E-state index is -2.97. The fourth-order valence-electron chi connectivity index (χ4n) is 3.10. The van der Waals surface area contributed by atoms with E-state index >= 15 is 0 Å². The normalized spacial score (nSPS) is 25.4. The molecule has 2 rings (SSSR count). The van der Waals surface area contributed by atoms with Crippen LogP contribution >= 0.6 is 11.6 Å². The maximum Gasteiger partial charge on any atom is 0.150 e. The van der Waals surface area contributed by atoms with E-state index in [2.05, 4.69) is 10.3 Å². The molecule has 20 heavy (non-hydrogen) atoms. The monoisotopic (exact) mass is 316 g/mol. The van der Waals surface area contributed by atoms with Crippen LogP contribution in [0.1, 0.15) is 37.4 Å². The number of aromatic nitrogens is 1. The fourth-order valence-corrected chi connectivity index (χ4v) is 4.53. The van der Waals surface area contributed by atoms with Crippen LogP contribution in [0, 0.1) is 5.92 Å². The number of nitrogens with one attached hydrogen (secondary N) is 1. The van der Waals surface area contributed by atoms with Crippen LogP contribution in [0.25, 0.3) is 0 Å². The van der Waals surface area contributed by atoms with Crippen molar-refractivity contribution in [3.05, 3.63) is 29.0 Å². The van der Waals surface area contributed by atoms with Gasteiger partial charge in [-0.1, -0.05) is 18.0 Å². The minimum Gasteiger partial charge on any atom is -0.311 e. The average molecular weight is 317 g/mol. The Morgan fingerprint density at radius 2 is 2.20 bits per heavy atom. The Morgan fingerprint density at radius 3 is 2.80 bits per heavy atom. The van der Waals surface area contributed by atoms with Crippen molar-refractivity contribution in [1.29, 1.82) is 0 Å². The van der Waals surface area contributed by atoms with Gasteiger partial charge in [-0.3, -0.25) is 4.98 Å². The van der Waals surface area contributed by atoms with Gasteiger partial charge in [0.25, 0.3) is 0 Å². The maximum absolute atomic E-state index is 11.8. The van der Waals surface area contributed by atoms with Crippen LogP contribution in [0.2, 0.25) is 5.02 Å². The summed E-state index contributed by atoms with van der Waals surface area (Å²) in [7, 11) is -1.10. The lowest BCUT2D eigenvalue weighted by Gasteiger charge is -2.33. The van der Waals surface area contributed by atoms with Gasteiger partial charge in [-0.15, -0.1) is 0 Å². The smallest absolute Gasteiger partial charge is 0.150 e. The van der Waals surface area contributed by atoms with Crippen molar-refractivity contribution in [3.63, 3.8) is 0 Å². The van der Waals surface area contributed by atoms with Crippen molar-refractivity contribution >= 4 is 21.4 Å². The van der Waals surface area contributed by atoms with Crippen LogP contribution in [-0.2, 0) is 9.84 Å². The zero-order valence-corrected chi connectivity index (χ0v) is 13.4. The lowest BCUT2D eigenvalue weighted by Crippen LogP contribution is -2.34. The molecule has 112 valence electrons. The van der Waals surface area contributed by atoms with Crippen LogP contribution in [0.4, 0.5) is 0 Å². The summed E-state index contributed by atoms with van der Waals surface area (Å²) in [6.07, 6.45) is 6.44. The molecule has 6 heteroatoms. The number of nitrogens with zero attached hydrogens (tertiary/aromatic N) is 1. The van der Waals surface area contributed by atoms with Crippen molar-refractivity contribution in [2.45, 2.75) is 37.0 Å². The Bertz CT molecular complexity index is 562. The Labute approximate surface area is 125 Å². The second-order valence-electron chi connectivity index (χ2n) is 5.52. The van der Waals surface area contributed by atoms with Crippen LogP contribution < -0.4 is 5.32 Å². The summed E-state index contributed by atoms with van der Waals surface area (Å²) in [5, 5.41) is 3.66. The van der Waals surface area contributed by atoms with E-state index in [1.54, 1.807) is 12.3 Å². The zero-order chi connectivity index (χ0) is 14.8. The molecule has 1 aromatic rings. The van der Waals surface area contributed by atoms with Crippen LogP contribution in [0.5, 0.6) is 0 Å². The Kier molecular flexibility index (Phi) is 5.04. The number of sulfone groups is 1. The third-order valence-corrected chi connectivity index (χ3v) is 6.09. The van der Waals surface area contributed by atoms with Gasteiger partial charge in [0.2, 0.25) is 0 Å². The van der Waals surface area contributed by atoms with E-state index < -0.39 is 9.84 Å². The Hall–Kier alpha value is -0.650. The molecule has 1 fully saturated rings. The van der Waals surface area contributed by atoms with Gasteiger partial charge in [-0.05, 0) is 44.4 Å². The first-order valence-electron chi connectivity index (χ1n) is 6.90. The van der Waals surface area contributed by atoms with Crippen molar-refractivity contribution in [2.75, 3.05) is 13.3 Å². The Balaban J connectivity index is 2.22. The molecule has 0 spiro atoms. The van der Waals surface area contributed by atoms with E-state index in [1.807, 2.05) is 13.1 Å². The van der Waals surface area contributed by atoms with Crippen molar-refractivity contribution in [2.24, 2.45) is 5.92 Å². The van der Waals surface area contributed by atoms with Crippen molar-refractivity contribution < 1.29 is 8.42 Å². The van der Waals surface area contributed by atoms with Gasteiger partial charge in [0.1, 0.15) is 9.84 Å². The average Bonchev–Trinajstić information content (AvgIpc) is 2.41. The lowest BCUT2D eigenvalue weighted by molar-refractivity contribution is 0.279. The summed E-state index contributed by atoms with van der Waals surface area (Å²) >= 11 is 6.22. The summed E-state index contributed by atoms with van der Waals surface area (Å²) in [4.78, 5) is 4.37. The number of halogens is 1. The molecule has 3 unspecified atom stereocenters. The van der Waals surface area contributed by atoms with Gasteiger partial charge >= 0.3 is 0 Å². The molecule has 3 atom stereocenters. The first-order valence-corrected chi connectivity index (χ1v) is 9.23. The molecule has 0 saturated heterocycles. The molecule has 1 heterocycles. The van der Waals surface area contributed by atoms with E-state index in [-0.39, 0.29) is 17.2 Å². The van der Waals surface area contributed by atoms with E-state index in [0.29, 0.717) is 11.4 Å². The number of rotatable bonds is 4. The van der Waals surface area contributed by atoms with E-state index in [9.17, 15) is 8.42 Å². The minimum absolute atomic E-state index is 0.00764. The molecule has 0 bridgehead atoms. The fraction of sp³-hybridized carbons (Fsp3) is 0.643. The van der Waals surface area contributed by atoms with Crippen LogP contribution in [-0.4, -0.2) is 32.0 Å². The quantitative estimate of drug-likeness (QED) is 0.927. The van der Waals surface area contributed by atoms with E-state index in [0.717, 1.165) is 25.0 Å². The highest BCUT2D eigenvalue weighted by Crippen LogP contribution is 2.37. The van der Waals surface area contributed by atoms with Gasteiger partial charge < -0.3 is 5.32 Å². The molecule has 0 amide bonds.